The molecule has 0 bridgehead atoms. The zero-order chi connectivity index (χ0) is 23.4. The quantitative estimate of drug-likeness (QED) is 0.280. The molecule has 0 amide bonds. The number of benzene rings is 1. The number of guanidine groups is 1. The highest BCUT2D eigenvalue weighted by molar-refractivity contribution is 5.78. The van der Waals surface area contributed by atoms with Crippen LogP contribution < -0.4 is 16.3 Å². The molecule has 1 saturated carbocycles. The average Bonchev–Trinajstić information content (AvgIpc) is 3.48. The van der Waals surface area contributed by atoms with Gasteiger partial charge in [0.1, 0.15) is 11.8 Å². The summed E-state index contributed by atoms with van der Waals surface area (Å²) in [6, 6.07) is 3.54. The first-order chi connectivity index (χ1) is 15.9. The van der Waals surface area contributed by atoms with Crippen LogP contribution in [0.2, 0.25) is 0 Å². The summed E-state index contributed by atoms with van der Waals surface area (Å²) in [6.07, 6.45) is 3.56. The van der Waals surface area contributed by atoms with E-state index in [1.807, 2.05) is 0 Å². The summed E-state index contributed by atoms with van der Waals surface area (Å²) in [7, 11) is 0. The van der Waals surface area contributed by atoms with E-state index in [9.17, 15) is 13.2 Å². The third-order valence-corrected chi connectivity index (χ3v) is 6.46. The first-order valence-electron chi connectivity index (χ1n) is 11.3. The van der Waals surface area contributed by atoms with Crippen molar-refractivity contribution in [1.82, 2.24) is 15.0 Å². The van der Waals surface area contributed by atoms with Gasteiger partial charge in [0.25, 0.3) is 0 Å². The van der Waals surface area contributed by atoms with E-state index >= 15 is 0 Å². The van der Waals surface area contributed by atoms with Crippen molar-refractivity contribution in [3.63, 3.8) is 0 Å². The highest BCUT2D eigenvalue weighted by atomic mass is 19.4. The number of hydrogen-bond donors (Lipinski definition) is 2. The van der Waals surface area contributed by atoms with E-state index in [1.165, 1.54) is 31.4 Å². The second kappa shape index (κ2) is 9.88. The monoisotopic (exact) mass is 466 g/mol. The zero-order valence-corrected chi connectivity index (χ0v) is 18.4. The second-order valence-electron chi connectivity index (χ2n) is 8.64. The third kappa shape index (κ3) is 5.33. The molecule has 1 aliphatic carbocycles. The van der Waals surface area contributed by atoms with Gasteiger partial charge in [0.15, 0.2) is 0 Å². The van der Waals surface area contributed by atoms with Crippen LogP contribution in [-0.4, -0.2) is 34.2 Å². The number of ether oxygens (including phenoxy) is 1. The van der Waals surface area contributed by atoms with Crippen LogP contribution >= 0.6 is 0 Å². The molecule has 11 heteroatoms. The molecule has 1 aliphatic heterocycles. The standard InChI is InChI=1S/C22H29F3N6O2/c23-22(24,25)16-13-15(8-9-18(16)32-12-10-14-5-2-1-3-6-14)19-28-20(33-30-19)17-7-4-11-31(17)21(26)29-27/h8-9,13-14,17H,1-7,10-12,27H2,(H2,26,29). The van der Waals surface area contributed by atoms with Crippen LogP contribution in [0.4, 0.5) is 13.2 Å². The molecule has 8 nitrogen and oxygen atoms in total. The zero-order valence-electron chi connectivity index (χ0n) is 18.4. The Morgan fingerprint density at radius 3 is 2.70 bits per heavy atom. The molecule has 4 rings (SSSR count). The lowest BCUT2D eigenvalue weighted by Gasteiger charge is -2.22. The van der Waals surface area contributed by atoms with Crippen molar-refractivity contribution in [2.75, 3.05) is 13.2 Å². The van der Waals surface area contributed by atoms with Crippen molar-refractivity contribution >= 4 is 5.96 Å². The van der Waals surface area contributed by atoms with Gasteiger partial charge in [-0.05, 0) is 43.4 Å². The number of likely N-dealkylation sites (tertiary alicyclic amines) is 1. The molecule has 0 spiro atoms. The van der Waals surface area contributed by atoms with E-state index in [4.69, 9.17) is 20.8 Å². The summed E-state index contributed by atoms with van der Waals surface area (Å²) in [6.45, 7) is 0.890. The maximum Gasteiger partial charge on any atom is 0.419 e. The molecule has 33 heavy (non-hydrogen) atoms. The van der Waals surface area contributed by atoms with Gasteiger partial charge in [0.2, 0.25) is 17.7 Å². The summed E-state index contributed by atoms with van der Waals surface area (Å²) in [4.78, 5) is 6.06. The Kier molecular flexibility index (Phi) is 6.94. The van der Waals surface area contributed by atoms with Crippen LogP contribution in [0.1, 0.15) is 68.9 Å². The molecule has 2 heterocycles. The van der Waals surface area contributed by atoms with Crippen molar-refractivity contribution in [2.24, 2.45) is 22.6 Å². The van der Waals surface area contributed by atoms with E-state index < -0.39 is 11.7 Å². The van der Waals surface area contributed by atoms with Crippen LogP contribution in [0.5, 0.6) is 5.75 Å². The number of hydrazone groups is 1. The van der Waals surface area contributed by atoms with Gasteiger partial charge in [0, 0.05) is 12.1 Å². The van der Waals surface area contributed by atoms with E-state index in [2.05, 4.69) is 15.2 Å². The average molecular weight is 467 g/mol. The summed E-state index contributed by atoms with van der Waals surface area (Å²) in [5.74, 6) is 6.09. The fraction of sp³-hybridized carbons (Fsp3) is 0.591. The van der Waals surface area contributed by atoms with Crippen LogP contribution in [0.25, 0.3) is 11.4 Å². The first-order valence-corrected chi connectivity index (χ1v) is 11.3. The van der Waals surface area contributed by atoms with E-state index in [0.717, 1.165) is 31.7 Å². The Labute approximate surface area is 190 Å². The molecule has 1 aromatic heterocycles. The molecule has 1 atom stereocenters. The van der Waals surface area contributed by atoms with Gasteiger partial charge < -0.3 is 25.7 Å². The third-order valence-electron chi connectivity index (χ3n) is 6.46. The topological polar surface area (TPSA) is 116 Å². The molecule has 0 radical (unpaired) electrons. The van der Waals surface area contributed by atoms with Crippen molar-refractivity contribution in [3.05, 3.63) is 29.7 Å². The second-order valence-corrected chi connectivity index (χ2v) is 8.64. The minimum Gasteiger partial charge on any atom is -0.493 e. The van der Waals surface area contributed by atoms with Crippen LogP contribution in [0, 0.1) is 5.92 Å². The van der Waals surface area contributed by atoms with Gasteiger partial charge in [-0.25, -0.2) is 0 Å². The normalized spacial score (nSPS) is 20.4. The number of alkyl halides is 3. The lowest BCUT2D eigenvalue weighted by atomic mass is 9.87. The number of rotatable bonds is 6. The predicted octanol–water partition coefficient (Wildman–Crippen LogP) is 4.43. The highest BCUT2D eigenvalue weighted by Crippen LogP contribution is 2.39. The van der Waals surface area contributed by atoms with Crippen molar-refractivity contribution in [3.8, 4) is 17.1 Å². The number of nitrogens with two attached hydrogens (primary N) is 2. The molecule has 180 valence electrons. The van der Waals surface area contributed by atoms with E-state index in [1.54, 1.807) is 4.90 Å². The number of aromatic nitrogens is 2. The predicted molar refractivity (Wildman–Crippen MR) is 116 cm³/mol. The molecule has 2 aromatic rings. The van der Waals surface area contributed by atoms with E-state index in [0.29, 0.717) is 18.9 Å². The van der Waals surface area contributed by atoms with Gasteiger partial charge in [-0.1, -0.05) is 37.3 Å². The largest absolute Gasteiger partial charge is 0.493 e. The maximum absolute atomic E-state index is 13.8. The molecule has 2 aliphatic rings. The minimum absolute atomic E-state index is 0.0689. The Morgan fingerprint density at radius 2 is 1.97 bits per heavy atom. The number of hydrogen-bond acceptors (Lipinski definition) is 6. The molecule has 4 N–H and O–H groups in total. The van der Waals surface area contributed by atoms with Gasteiger partial charge in [-0.2, -0.15) is 18.2 Å². The summed E-state index contributed by atoms with van der Waals surface area (Å²) in [5, 5.41) is 7.40. The molecule has 1 unspecified atom stereocenters. The first kappa shape index (κ1) is 23.2. The minimum atomic E-state index is -4.57. The fourth-order valence-corrected chi connectivity index (χ4v) is 4.69. The van der Waals surface area contributed by atoms with Gasteiger partial charge in [0.05, 0.1) is 12.2 Å². The van der Waals surface area contributed by atoms with E-state index in [-0.39, 0.29) is 41.6 Å². The highest BCUT2D eigenvalue weighted by Gasteiger charge is 2.36. The van der Waals surface area contributed by atoms with Crippen LogP contribution in [0.3, 0.4) is 0 Å². The Balaban J connectivity index is 1.50. The van der Waals surface area contributed by atoms with Crippen LogP contribution in [0.15, 0.2) is 27.8 Å². The summed E-state index contributed by atoms with van der Waals surface area (Å²) >= 11 is 0. The summed E-state index contributed by atoms with van der Waals surface area (Å²) < 4.78 is 52.2. The van der Waals surface area contributed by atoms with Gasteiger partial charge >= 0.3 is 6.18 Å². The Morgan fingerprint density at radius 1 is 1.18 bits per heavy atom. The molecular formula is C22H29F3N6O2. The fourth-order valence-electron chi connectivity index (χ4n) is 4.69. The Hall–Kier alpha value is -2.98. The van der Waals surface area contributed by atoms with Crippen molar-refractivity contribution in [2.45, 2.75) is 63.6 Å². The van der Waals surface area contributed by atoms with Crippen LogP contribution in [-0.2, 0) is 6.18 Å². The lowest BCUT2D eigenvalue weighted by molar-refractivity contribution is -0.138. The molecule has 2 fully saturated rings. The smallest absolute Gasteiger partial charge is 0.419 e. The van der Waals surface area contributed by atoms with Gasteiger partial charge in [-0.15, -0.1) is 5.10 Å². The van der Waals surface area contributed by atoms with Crippen molar-refractivity contribution < 1.29 is 22.4 Å². The molecule has 1 aromatic carbocycles. The maximum atomic E-state index is 13.8. The number of nitrogens with zero attached hydrogens (tertiary/aromatic N) is 4. The SMILES string of the molecule is N/N=C(/N)N1CCCC1c1nc(-c2ccc(OCCC3CCCCC3)c(C(F)(F)F)c2)no1. The number of halogens is 3. The molecular weight excluding hydrogens is 437 g/mol. The molecule has 1 saturated heterocycles. The summed E-state index contributed by atoms with van der Waals surface area (Å²) in [5.41, 5.74) is 5.16. The van der Waals surface area contributed by atoms with Crippen molar-refractivity contribution in [1.29, 1.82) is 0 Å². The lowest BCUT2D eigenvalue weighted by Crippen LogP contribution is -2.37. The Bertz CT molecular complexity index is 971. The van der Waals surface area contributed by atoms with Gasteiger partial charge in [-0.3, -0.25) is 0 Å².